The lowest BCUT2D eigenvalue weighted by Gasteiger charge is -2.22. The van der Waals surface area contributed by atoms with Crippen LogP contribution in [-0.2, 0) is 0 Å². The first-order valence-corrected chi connectivity index (χ1v) is 7.85. The summed E-state index contributed by atoms with van der Waals surface area (Å²) < 4.78 is 0. The molecule has 1 heteroatoms. The van der Waals surface area contributed by atoms with Gasteiger partial charge in [0.05, 0.1) is 0 Å². The Morgan fingerprint density at radius 2 is 1.48 bits per heavy atom. The quantitative estimate of drug-likeness (QED) is 0.792. The van der Waals surface area contributed by atoms with Crippen molar-refractivity contribution in [2.75, 3.05) is 13.6 Å². The van der Waals surface area contributed by atoms with Gasteiger partial charge in [0.2, 0.25) is 0 Å². The van der Waals surface area contributed by atoms with Crippen LogP contribution in [-0.4, -0.2) is 24.5 Å². The van der Waals surface area contributed by atoms with E-state index < -0.39 is 0 Å². The van der Waals surface area contributed by atoms with Crippen molar-refractivity contribution >= 4 is 5.57 Å². The smallest absolute Gasteiger partial charge is 0.0311 e. The Morgan fingerprint density at radius 1 is 0.952 bits per heavy atom. The predicted molar refractivity (Wildman–Crippen MR) is 90.2 cm³/mol. The van der Waals surface area contributed by atoms with E-state index >= 15 is 0 Å². The molecule has 0 N–H and O–H groups in total. The molecule has 0 saturated carbocycles. The number of likely N-dealkylation sites (N-methyl/N-ethyl adjacent to an activating group) is 1. The summed E-state index contributed by atoms with van der Waals surface area (Å²) in [6.07, 6.45) is 2.35. The molecule has 108 valence electrons. The van der Waals surface area contributed by atoms with Crippen LogP contribution < -0.4 is 0 Å². The summed E-state index contributed by atoms with van der Waals surface area (Å²) in [5.41, 5.74) is 5.71. The Bertz CT molecular complexity index is 571. The van der Waals surface area contributed by atoms with E-state index in [2.05, 4.69) is 79.5 Å². The second-order valence-corrected chi connectivity index (χ2v) is 5.79. The molecule has 0 bridgehead atoms. The van der Waals surface area contributed by atoms with Gasteiger partial charge >= 0.3 is 0 Å². The lowest BCUT2D eigenvalue weighted by Crippen LogP contribution is -2.25. The topological polar surface area (TPSA) is 3.24 Å². The van der Waals surface area contributed by atoms with Gasteiger partial charge < -0.3 is 0 Å². The molecule has 2 aromatic carbocycles. The highest BCUT2D eigenvalue weighted by molar-refractivity contribution is 5.83. The molecular formula is C20H23N. The van der Waals surface area contributed by atoms with E-state index in [1.165, 1.54) is 29.5 Å². The Hall–Kier alpha value is -1.86. The molecule has 0 amide bonds. The summed E-state index contributed by atoms with van der Waals surface area (Å²) in [4.78, 5) is 2.49. The maximum atomic E-state index is 2.49. The number of likely N-dealkylation sites (tertiary alicyclic amines) is 1. The third-order valence-electron chi connectivity index (χ3n) is 4.50. The number of hydrogen-bond donors (Lipinski definition) is 0. The van der Waals surface area contributed by atoms with Gasteiger partial charge in [-0.15, -0.1) is 0 Å². The lowest BCUT2D eigenvalue weighted by atomic mass is 9.89. The Labute approximate surface area is 127 Å². The van der Waals surface area contributed by atoms with Crippen molar-refractivity contribution in [3.05, 3.63) is 77.4 Å². The van der Waals surface area contributed by atoms with Crippen molar-refractivity contribution in [3.8, 4) is 0 Å². The molecule has 1 aliphatic rings. The average molecular weight is 277 g/mol. The molecule has 0 radical (unpaired) electrons. The first-order valence-electron chi connectivity index (χ1n) is 7.85. The molecule has 0 aliphatic carbocycles. The van der Waals surface area contributed by atoms with Crippen LogP contribution in [0.25, 0.3) is 5.57 Å². The lowest BCUT2D eigenvalue weighted by molar-refractivity contribution is 0.323. The Morgan fingerprint density at radius 3 is 1.95 bits per heavy atom. The Balaban J connectivity index is 2.18. The third kappa shape index (κ3) is 2.79. The summed E-state index contributed by atoms with van der Waals surface area (Å²) in [5, 5.41) is 0. The highest BCUT2D eigenvalue weighted by Crippen LogP contribution is 2.35. The third-order valence-corrected chi connectivity index (χ3v) is 4.50. The van der Waals surface area contributed by atoms with E-state index in [0.29, 0.717) is 6.04 Å². The molecule has 2 aromatic rings. The molecule has 0 spiro atoms. The molecular weight excluding hydrogens is 254 g/mol. The minimum Gasteiger partial charge on any atom is -0.299 e. The molecule has 3 rings (SSSR count). The van der Waals surface area contributed by atoms with Crippen LogP contribution in [0.15, 0.2) is 66.2 Å². The molecule has 1 saturated heterocycles. The molecule has 1 nitrogen and oxygen atoms in total. The van der Waals surface area contributed by atoms with E-state index in [1.807, 2.05) is 0 Å². The van der Waals surface area contributed by atoms with Crippen molar-refractivity contribution in [3.63, 3.8) is 0 Å². The van der Waals surface area contributed by atoms with Crippen LogP contribution in [0.5, 0.6) is 0 Å². The second-order valence-electron chi connectivity index (χ2n) is 5.79. The van der Waals surface area contributed by atoms with Gasteiger partial charge in [-0.05, 0) is 42.2 Å². The monoisotopic (exact) mass is 277 g/mol. The summed E-state index contributed by atoms with van der Waals surface area (Å²) in [6.45, 7) is 3.46. The summed E-state index contributed by atoms with van der Waals surface area (Å²) >= 11 is 0. The maximum absolute atomic E-state index is 2.49. The largest absolute Gasteiger partial charge is 0.299 e. The van der Waals surface area contributed by atoms with Crippen molar-refractivity contribution in [2.45, 2.75) is 25.8 Å². The zero-order chi connectivity index (χ0) is 14.7. The van der Waals surface area contributed by atoms with Crippen molar-refractivity contribution in [1.29, 1.82) is 0 Å². The van der Waals surface area contributed by atoms with E-state index in [4.69, 9.17) is 0 Å². The average Bonchev–Trinajstić information content (AvgIpc) is 2.90. The molecule has 1 unspecified atom stereocenters. The van der Waals surface area contributed by atoms with Gasteiger partial charge in [0, 0.05) is 12.6 Å². The van der Waals surface area contributed by atoms with Gasteiger partial charge in [0.15, 0.2) is 0 Å². The highest BCUT2D eigenvalue weighted by atomic mass is 15.1. The van der Waals surface area contributed by atoms with Crippen LogP contribution in [0.4, 0.5) is 0 Å². The van der Waals surface area contributed by atoms with E-state index in [0.717, 1.165) is 6.54 Å². The van der Waals surface area contributed by atoms with Gasteiger partial charge in [-0.2, -0.15) is 0 Å². The fourth-order valence-electron chi connectivity index (χ4n) is 3.48. The fraction of sp³-hybridized carbons (Fsp3) is 0.300. The highest BCUT2D eigenvalue weighted by Gasteiger charge is 2.28. The molecule has 1 aliphatic heterocycles. The van der Waals surface area contributed by atoms with Crippen LogP contribution in [0, 0.1) is 0 Å². The van der Waals surface area contributed by atoms with Gasteiger partial charge in [0.25, 0.3) is 0 Å². The number of hydrogen-bond acceptors (Lipinski definition) is 1. The summed E-state index contributed by atoms with van der Waals surface area (Å²) in [5.74, 6) is 0. The summed E-state index contributed by atoms with van der Waals surface area (Å²) in [6, 6.07) is 22.2. The number of rotatable bonds is 3. The van der Waals surface area contributed by atoms with Crippen molar-refractivity contribution in [1.82, 2.24) is 4.90 Å². The minimum atomic E-state index is 0.570. The van der Waals surface area contributed by atoms with Gasteiger partial charge in [-0.3, -0.25) is 4.90 Å². The number of nitrogens with zero attached hydrogens (tertiary/aromatic N) is 1. The molecule has 1 fully saturated rings. The van der Waals surface area contributed by atoms with E-state index in [-0.39, 0.29) is 0 Å². The molecule has 0 aromatic heterocycles. The van der Waals surface area contributed by atoms with Crippen LogP contribution in [0.1, 0.15) is 30.9 Å². The Kier molecular flexibility index (Phi) is 4.21. The van der Waals surface area contributed by atoms with Crippen LogP contribution >= 0.6 is 0 Å². The summed E-state index contributed by atoms with van der Waals surface area (Å²) in [7, 11) is 2.24. The standard InChI is InChI=1S/C20H23N/c1-3-19-18(14-15-21(19)2)20(16-10-6-4-7-11-16)17-12-8-5-9-13-17/h4-13,19H,3,14-15H2,1-2H3. The number of benzene rings is 2. The second kappa shape index (κ2) is 6.28. The molecule has 1 atom stereocenters. The first-order chi connectivity index (χ1) is 10.3. The molecule has 21 heavy (non-hydrogen) atoms. The zero-order valence-corrected chi connectivity index (χ0v) is 12.9. The van der Waals surface area contributed by atoms with Gasteiger partial charge in [-0.25, -0.2) is 0 Å². The first kappa shape index (κ1) is 14.1. The predicted octanol–water partition coefficient (Wildman–Crippen LogP) is 4.60. The SMILES string of the molecule is CCC1C(=C(c2ccccc2)c2ccccc2)CCN1C. The fourth-order valence-corrected chi connectivity index (χ4v) is 3.48. The van der Waals surface area contributed by atoms with Crippen molar-refractivity contribution in [2.24, 2.45) is 0 Å². The zero-order valence-electron chi connectivity index (χ0n) is 12.9. The van der Waals surface area contributed by atoms with Crippen molar-refractivity contribution < 1.29 is 0 Å². The normalized spacial score (nSPS) is 19.0. The van der Waals surface area contributed by atoms with Crippen LogP contribution in [0.2, 0.25) is 0 Å². The minimum absolute atomic E-state index is 0.570. The van der Waals surface area contributed by atoms with Gasteiger partial charge in [-0.1, -0.05) is 67.6 Å². The van der Waals surface area contributed by atoms with E-state index in [9.17, 15) is 0 Å². The molecule has 1 heterocycles. The van der Waals surface area contributed by atoms with Gasteiger partial charge in [0.1, 0.15) is 0 Å². The maximum Gasteiger partial charge on any atom is 0.0311 e. The van der Waals surface area contributed by atoms with Crippen LogP contribution in [0.3, 0.4) is 0 Å². The van der Waals surface area contributed by atoms with E-state index in [1.54, 1.807) is 5.57 Å².